The normalized spacial score (nSPS) is 11.2. The Labute approximate surface area is 197 Å². The zero-order valence-electron chi connectivity index (χ0n) is 17.0. The van der Waals surface area contributed by atoms with E-state index in [0.717, 1.165) is 16.7 Å². The molecule has 4 rings (SSSR count). The Morgan fingerprint density at radius 3 is 2.50 bits per heavy atom. The van der Waals surface area contributed by atoms with Gasteiger partial charge in [0.25, 0.3) is 5.91 Å². The number of furan rings is 1. The second-order valence-electron chi connectivity index (χ2n) is 7.19. The Hall–Kier alpha value is -3.00. The number of hydrogen-bond acceptors (Lipinski definition) is 5. The number of anilines is 1. The van der Waals surface area contributed by atoms with Crippen molar-refractivity contribution in [3.63, 3.8) is 0 Å². The van der Waals surface area contributed by atoms with E-state index in [1.807, 2.05) is 44.2 Å². The highest BCUT2D eigenvalue weighted by Crippen LogP contribution is 2.45. The van der Waals surface area contributed by atoms with E-state index in [1.165, 1.54) is 17.0 Å². The summed E-state index contributed by atoms with van der Waals surface area (Å²) in [6, 6.07) is 15.3. The fourth-order valence-corrected chi connectivity index (χ4v) is 4.76. The van der Waals surface area contributed by atoms with Crippen molar-refractivity contribution in [1.82, 2.24) is 0 Å². The number of rotatable bonds is 5. The minimum Gasteiger partial charge on any atom is -0.455 e. The average molecular weight is 490 g/mol. The Morgan fingerprint density at radius 1 is 1.09 bits per heavy atom. The van der Waals surface area contributed by atoms with Crippen molar-refractivity contribution in [1.29, 1.82) is 0 Å². The van der Waals surface area contributed by atoms with Crippen molar-refractivity contribution in [2.75, 3.05) is 4.90 Å². The van der Waals surface area contributed by atoms with Crippen LogP contribution < -0.4 is 9.64 Å². The fourth-order valence-electron chi connectivity index (χ4n) is 3.32. The summed E-state index contributed by atoms with van der Waals surface area (Å²) in [7, 11) is 0. The minimum absolute atomic E-state index is 0.0556. The van der Waals surface area contributed by atoms with Crippen molar-refractivity contribution in [3.05, 3.63) is 70.2 Å². The molecule has 0 bridgehead atoms. The first-order valence-corrected chi connectivity index (χ1v) is 11.1. The quantitative estimate of drug-likeness (QED) is 0.292. The summed E-state index contributed by atoms with van der Waals surface area (Å²) in [5, 5.41) is 10.8. The molecule has 32 heavy (non-hydrogen) atoms. The van der Waals surface area contributed by atoms with Gasteiger partial charge in [0.15, 0.2) is 0 Å². The van der Waals surface area contributed by atoms with Crippen molar-refractivity contribution < 1.29 is 23.8 Å². The van der Waals surface area contributed by atoms with E-state index in [1.54, 1.807) is 12.1 Å². The molecule has 0 aliphatic rings. The first-order chi connectivity index (χ1) is 15.2. The van der Waals surface area contributed by atoms with Crippen molar-refractivity contribution in [2.45, 2.75) is 19.9 Å². The molecule has 0 atom stereocenters. The molecule has 0 saturated carbocycles. The van der Waals surface area contributed by atoms with Gasteiger partial charge in [-0.05, 0) is 50.2 Å². The highest BCUT2D eigenvalue weighted by atomic mass is 35.5. The Morgan fingerprint density at radius 2 is 1.84 bits per heavy atom. The summed E-state index contributed by atoms with van der Waals surface area (Å²) in [4.78, 5) is 26.8. The van der Waals surface area contributed by atoms with Gasteiger partial charge in [0.05, 0.1) is 21.2 Å². The molecule has 0 fully saturated rings. The summed E-state index contributed by atoms with van der Waals surface area (Å²) in [6.07, 6.45) is -1.48. The molecule has 6 nitrogen and oxygen atoms in total. The van der Waals surface area contributed by atoms with Gasteiger partial charge >= 0.3 is 6.16 Å². The molecule has 9 heteroatoms. The van der Waals surface area contributed by atoms with E-state index in [4.69, 9.17) is 32.4 Å². The van der Waals surface area contributed by atoms with Crippen molar-refractivity contribution in [3.8, 4) is 15.7 Å². The van der Waals surface area contributed by atoms with Crippen LogP contribution in [0.4, 0.5) is 10.5 Å². The third-order valence-corrected chi connectivity index (χ3v) is 6.25. The molecule has 2 heterocycles. The maximum atomic E-state index is 13.4. The number of thiophene rings is 1. The molecular weight excluding hydrogens is 473 g/mol. The fraction of sp³-hybridized carbons (Fsp3) is 0.130. The lowest BCUT2D eigenvalue weighted by Crippen LogP contribution is -2.37. The van der Waals surface area contributed by atoms with Crippen LogP contribution in [-0.2, 0) is 0 Å². The number of fused-ring (bicyclic) bond motifs is 1. The highest BCUT2D eigenvalue weighted by molar-refractivity contribution is 7.18. The van der Waals surface area contributed by atoms with Crippen LogP contribution >= 0.6 is 34.5 Å². The summed E-state index contributed by atoms with van der Waals surface area (Å²) in [5.74, 6) is 0.129. The van der Waals surface area contributed by atoms with E-state index >= 15 is 0 Å². The molecule has 2 aromatic heterocycles. The molecule has 4 aromatic rings. The van der Waals surface area contributed by atoms with Crippen LogP contribution in [0.1, 0.15) is 24.2 Å². The number of amides is 1. The predicted octanol–water partition coefficient (Wildman–Crippen LogP) is 7.58. The van der Waals surface area contributed by atoms with Crippen LogP contribution in [0.5, 0.6) is 5.06 Å². The first kappa shape index (κ1) is 22.2. The number of hydrogen-bond donors (Lipinski definition) is 1. The SMILES string of the molecule is CC(C)N(C(=O)c1ccc(Cl)cc1Cl)c1cc(-c2cc3ccccc3o2)sc1OC(=O)O. The molecule has 0 aliphatic carbocycles. The van der Waals surface area contributed by atoms with Crippen LogP contribution in [0.25, 0.3) is 21.6 Å². The molecule has 0 radical (unpaired) electrons. The van der Waals surface area contributed by atoms with E-state index in [2.05, 4.69) is 0 Å². The summed E-state index contributed by atoms with van der Waals surface area (Å²) in [6.45, 7) is 3.62. The summed E-state index contributed by atoms with van der Waals surface area (Å²) >= 11 is 13.3. The van der Waals surface area contributed by atoms with Gasteiger partial charge in [-0.1, -0.05) is 52.7 Å². The zero-order chi connectivity index (χ0) is 23.0. The minimum atomic E-state index is -1.48. The molecule has 1 N–H and O–H groups in total. The number of ether oxygens (including phenoxy) is 1. The number of carbonyl (C=O) groups excluding carboxylic acids is 1. The number of benzene rings is 2. The third-order valence-electron chi connectivity index (χ3n) is 4.68. The van der Waals surface area contributed by atoms with E-state index in [0.29, 0.717) is 26.9 Å². The molecule has 0 aliphatic heterocycles. The van der Waals surface area contributed by atoms with Gasteiger partial charge in [-0.3, -0.25) is 4.79 Å². The van der Waals surface area contributed by atoms with Crippen LogP contribution in [0.15, 0.2) is 59.0 Å². The summed E-state index contributed by atoms with van der Waals surface area (Å²) < 4.78 is 10.9. The summed E-state index contributed by atoms with van der Waals surface area (Å²) in [5.41, 5.74) is 1.24. The number of nitrogens with zero attached hydrogens (tertiary/aromatic N) is 1. The third kappa shape index (κ3) is 4.32. The zero-order valence-corrected chi connectivity index (χ0v) is 19.3. The lowest BCUT2D eigenvalue weighted by Gasteiger charge is -2.27. The molecule has 0 saturated heterocycles. The molecule has 1 amide bonds. The van der Waals surface area contributed by atoms with Gasteiger partial charge in [0.2, 0.25) is 5.06 Å². The lowest BCUT2D eigenvalue weighted by atomic mass is 10.1. The van der Waals surface area contributed by atoms with E-state index in [-0.39, 0.29) is 21.7 Å². The number of carboxylic acid groups (broad SMARTS) is 1. The molecule has 0 spiro atoms. The van der Waals surface area contributed by atoms with Gasteiger partial charge < -0.3 is 19.2 Å². The number of carbonyl (C=O) groups is 2. The van der Waals surface area contributed by atoms with Crippen LogP contribution in [0.3, 0.4) is 0 Å². The Kier molecular flexibility index (Phi) is 6.15. The van der Waals surface area contributed by atoms with Gasteiger partial charge in [-0.15, -0.1) is 0 Å². The standard InChI is InChI=1S/C23H17Cl2NO5S/c1-12(2)26(21(27)15-8-7-14(24)10-16(15)25)17-11-20(32-22(17)31-23(28)29)19-9-13-5-3-4-6-18(13)30-19/h3-12H,1-2H3,(H,28,29). The van der Waals surface area contributed by atoms with Crippen LogP contribution in [0, 0.1) is 0 Å². The number of halogens is 2. The Balaban J connectivity index is 1.83. The lowest BCUT2D eigenvalue weighted by molar-refractivity contribution is 0.0978. The maximum absolute atomic E-state index is 13.4. The van der Waals surface area contributed by atoms with Gasteiger partial charge in [0.1, 0.15) is 11.3 Å². The van der Waals surface area contributed by atoms with Crippen molar-refractivity contribution >= 4 is 63.3 Å². The second-order valence-corrected chi connectivity index (χ2v) is 9.05. The topological polar surface area (TPSA) is 80.0 Å². The van der Waals surface area contributed by atoms with Crippen LogP contribution in [0.2, 0.25) is 10.0 Å². The monoisotopic (exact) mass is 489 g/mol. The van der Waals surface area contributed by atoms with Gasteiger partial charge in [0, 0.05) is 16.5 Å². The largest absolute Gasteiger partial charge is 0.512 e. The molecule has 0 unspecified atom stereocenters. The van der Waals surface area contributed by atoms with Crippen molar-refractivity contribution in [2.24, 2.45) is 0 Å². The highest BCUT2D eigenvalue weighted by Gasteiger charge is 2.29. The predicted molar refractivity (Wildman–Crippen MR) is 127 cm³/mol. The Bertz CT molecular complexity index is 1290. The van der Waals surface area contributed by atoms with Gasteiger partial charge in [-0.25, -0.2) is 4.79 Å². The molecular formula is C23H17Cl2NO5S. The average Bonchev–Trinajstić information content (AvgIpc) is 3.31. The first-order valence-electron chi connectivity index (χ1n) is 9.56. The van der Waals surface area contributed by atoms with Crippen LogP contribution in [-0.4, -0.2) is 23.2 Å². The number of para-hydroxylation sites is 1. The molecule has 164 valence electrons. The molecule has 2 aromatic carbocycles. The smallest absolute Gasteiger partial charge is 0.455 e. The van der Waals surface area contributed by atoms with Gasteiger partial charge in [-0.2, -0.15) is 0 Å². The van der Waals surface area contributed by atoms with E-state index in [9.17, 15) is 14.7 Å². The maximum Gasteiger partial charge on any atom is 0.512 e. The van der Waals surface area contributed by atoms with E-state index < -0.39 is 12.1 Å². The second kappa shape index (κ2) is 8.86.